The summed E-state index contributed by atoms with van der Waals surface area (Å²) in [6.45, 7) is 0.321. The number of carbonyl (C=O) groups is 1. The molecule has 0 bridgehead atoms. The van der Waals surface area contributed by atoms with Gasteiger partial charge in [0.05, 0.1) is 6.04 Å². The van der Waals surface area contributed by atoms with Crippen molar-refractivity contribution in [3.05, 3.63) is 59.7 Å². The number of amides is 1. The third-order valence-electron chi connectivity index (χ3n) is 5.92. The Morgan fingerprint density at radius 1 is 1.04 bits per heavy atom. The highest BCUT2D eigenvalue weighted by molar-refractivity contribution is 5.79. The molecule has 2 aliphatic carbocycles. The van der Waals surface area contributed by atoms with Crippen LogP contribution in [0.25, 0.3) is 11.1 Å². The van der Waals surface area contributed by atoms with E-state index in [1.54, 1.807) is 0 Å². The van der Waals surface area contributed by atoms with E-state index in [9.17, 15) is 4.79 Å². The van der Waals surface area contributed by atoms with Gasteiger partial charge in [-0.1, -0.05) is 73.7 Å². The Labute approximate surface area is 161 Å². The van der Waals surface area contributed by atoms with Gasteiger partial charge in [0.15, 0.2) is 0 Å². The van der Waals surface area contributed by atoms with Crippen LogP contribution in [0.15, 0.2) is 48.5 Å². The molecule has 0 heterocycles. The zero-order valence-corrected chi connectivity index (χ0v) is 15.5. The molecule has 2 aliphatic rings. The first kappa shape index (κ1) is 17.7. The first-order valence-electron chi connectivity index (χ1n) is 9.85. The predicted molar refractivity (Wildman–Crippen MR) is 107 cm³/mol. The first-order valence-corrected chi connectivity index (χ1v) is 9.85. The van der Waals surface area contributed by atoms with Crippen LogP contribution in [0.1, 0.15) is 49.1 Å². The Balaban J connectivity index is 1.42. The van der Waals surface area contributed by atoms with Crippen LogP contribution in [-0.4, -0.2) is 18.7 Å². The minimum Gasteiger partial charge on any atom is -0.449 e. The molecule has 138 valence electrons. The maximum absolute atomic E-state index is 12.4. The number of hydrogen-bond acceptors (Lipinski definition) is 2. The molecule has 0 aliphatic heterocycles. The second-order valence-electron chi connectivity index (χ2n) is 7.51. The molecule has 3 heteroatoms. The van der Waals surface area contributed by atoms with Gasteiger partial charge in [-0.2, -0.15) is 0 Å². The molecule has 2 aromatic rings. The van der Waals surface area contributed by atoms with E-state index >= 15 is 0 Å². The standard InChI is InChI=1S/C24H25NO2/c1-2-23(17-10-4-3-5-11-17)25-24(26)27-16-22-20-14-8-6-12-18(20)19-13-7-9-15-21(19)22/h1,6-9,12-15,17,22-23H,3-5,10-11,16H2,(H,25,26). The number of hydrogen-bond donors (Lipinski definition) is 1. The number of ether oxygens (including phenoxy) is 1. The molecule has 0 spiro atoms. The van der Waals surface area contributed by atoms with Crippen LogP contribution in [0.3, 0.4) is 0 Å². The van der Waals surface area contributed by atoms with Gasteiger partial charge in [0.25, 0.3) is 0 Å². The molecule has 0 radical (unpaired) electrons. The summed E-state index contributed by atoms with van der Waals surface area (Å²) in [6, 6.07) is 16.4. The Hall–Kier alpha value is -2.73. The summed E-state index contributed by atoms with van der Waals surface area (Å²) >= 11 is 0. The molecule has 27 heavy (non-hydrogen) atoms. The Kier molecular flexibility index (Phi) is 5.16. The highest BCUT2D eigenvalue weighted by atomic mass is 16.5. The lowest BCUT2D eigenvalue weighted by Gasteiger charge is -2.27. The largest absolute Gasteiger partial charge is 0.449 e. The fraction of sp³-hybridized carbons (Fsp3) is 0.375. The minimum atomic E-state index is -0.412. The number of fused-ring (bicyclic) bond motifs is 3. The van der Waals surface area contributed by atoms with Crippen molar-refractivity contribution in [2.24, 2.45) is 5.92 Å². The smallest absolute Gasteiger partial charge is 0.408 e. The fourth-order valence-corrected chi connectivity index (χ4v) is 4.53. The maximum atomic E-state index is 12.4. The summed E-state index contributed by atoms with van der Waals surface area (Å²) in [5, 5.41) is 2.91. The highest BCUT2D eigenvalue weighted by Crippen LogP contribution is 2.44. The monoisotopic (exact) mass is 359 g/mol. The van der Waals surface area contributed by atoms with Gasteiger partial charge in [-0.25, -0.2) is 4.79 Å². The van der Waals surface area contributed by atoms with E-state index in [1.165, 1.54) is 41.5 Å². The van der Waals surface area contributed by atoms with E-state index in [0.717, 1.165) is 12.8 Å². The van der Waals surface area contributed by atoms with Crippen molar-refractivity contribution in [1.29, 1.82) is 0 Å². The third kappa shape index (κ3) is 3.57. The molecule has 0 saturated heterocycles. The van der Waals surface area contributed by atoms with E-state index in [1.807, 2.05) is 24.3 Å². The number of benzene rings is 2. The number of alkyl carbamates (subject to hydrolysis) is 1. The molecule has 1 N–H and O–H groups in total. The summed E-state index contributed by atoms with van der Waals surface area (Å²) in [4.78, 5) is 12.4. The van der Waals surface area contributed by atoms with Crippen LogP contribution in [0.4, 0.5) is 4.79 Å². The number of nitrogens with one attached hydrogen (secondary N) is 1. The van der Waals surface area contributed by atoms with Crippen molar-refractivity contribution in [3.63, 3.8) is 0 Å². The second-order valence-corrected chi connectivity index (χ2v) is 7.51. The molecule has 1 fully saturated rings. The lowest BCUT2D eigenvalue weighted by Crippen LogP contribution is -2.40. The van der Waals surface area contributed by atoms with Gasteiger partial charge in [0.2, 0.25) is 0 Å². The van der Waals surface area contributed by atoms with Crippen molar-refractivity contribution >= 4 is 6.09 Å². The van der Waals surface area contributed by atoms with Crippen molar-refractivity contribution in [1.82, 2.24) is 5.32 Å². The third-order valence-corrected chi connectivity index (χ3v) is 5.92. The number of terminal acetylenes is 1. The molecular formula is C24H25NO2. The summed E-state index contributed by atoms with van der Waals surface area (Å²) in [5.74, 6) is 3.19. The first-order chi connectivity index (χ1) is 13.3. The van der Waals surface area contributed by atoms with Crippen LogP contribution in [-0.2, 0) is 4.74 Å². The topological polar surface area (TPSA) is 38.3 Å². The SMILES string of the molecule is C#CC(NC(=O)OCC1c2ccccc2-c2ccccc21)C1CCCCC1. The van der Waals surface area contributed by atoms with E-state index in [-0.39, 0.29) is 12.0 Å². The molecule has 2 aromatic carbocycles. The van der Waals surface area contributed by atoms with E-state index in [2.05, 4.69) is 35.5 Å². The van der Waals surface area contributed by atoms with Gasteiger partial charge >= 0.3 is 6.09 Å². The minimum absolute atomic E-state index is 0.0714. The normalized spacial score (nSPS) is 17.4. The molecule has 4 rings (SSSR count). The van der Waals surface area contributed by atoms with Crippen LogP contribution in [0, 0.1) is 18.3 Å². The molecule has 1 atom stereocenters. The average Bonchev–Trinajstić information content (AvgIpc) is 3.05. The van der Waals surface area contributed by atoms with E-state index < -0.39 is 6.09 Å². The average molecular weight is 359 g/mol. The number of carbonyl (C=O) groups excluding carboxylic acids is 1. The lowest BCUT2D eigenvalue weighted by atomic mass is 9.84. The van der Waals surface area contributed by atoms with Crippen LogP contribution in [0.2, 0.25) is 0 Å². The fourth-order valence-electron chi connectivity index (χ4n) is 4.53. The molecule has 1 saturated carbocycles. The molecule has 0 aromatic heterocycles. The molecular weight excluding hydrogens is 334 g/mol. The van der Waals surface area contributed by atoms with Gasteiger partial charge in [-0.15, -0.1) is 6.42 Å². The number of rotatable bonds is 4. The van der Waals surface area contributed by atoms with Crippen molar-refractivity contribution in [3.8, 4) is 23.5 Å². The zero-order valence-electron chi connectivity index (χ0n) is 15.5. The highest BCUT2D eigenvalue weighted by Gasteiger charge is 2.30. The van der Waals surface area contributed by atoms with Crippen molar-refractivity contribution in [2.45, 2.75) is 44.1 Å². The summed E-state index contributed by atoms with van der Waals surface area (Å²) < 4.78 is 5.62. The summed E-state index contributed by atoms with van der Waals surface area (Å²) in [6.07, 6.45) is 11.1. The zero-order chi connectivity index (χ0) is 18.6. The Bertz CT molecular complexity index is 815. The lowest BCUT2D eigenvalue weighted by molar-refractivity contribution is 0.136. The van der Waals surface area contributed by atoms with Crippen LogP contribution in [0.5, 0.6) is 0 Å². The van der Waals surface area contributed by atoms with Gasteiger partial charge < -0.3 is 10.1 Å². The maximum Gasteiger partial charge on any atom is 0.408 e. The van der Waals surface area contributed by atoms with Crippen LogP contribution < -0.4 is 5.32 Å². The summed E-state index contributed by atoms with van der Waals surface area (Å²) in [5.41, 5.74) is 4.89. The van der Waals surface area contributed by atoms with Gasteiger partial charge in [-0.05, 0) is 41.0 Å². The molecule has 1 unspecified atom stereocenters. The summed E-state index contributed by atoms with van der Waals surface area (Å²) in [7, 11) is 0. The van der Waals surface area contributed by atoms with Crippen molar-refractivity contribution in [2.75, 3.05) is 6.61 Å². The van der Waals surface area contributed by atoms with E-state index in [4.69, 9.17) is 11.2 Å². The Morgan fingerprint density at radius 2 is 1.63 bits per heavy atom. The quantitative estimate of drug-likeness (QED) is 0.771. The molecule has 1 amide bonds. The van der Waals surface area contributed by atoms with Crippen LogP contribution >= 0.6 is 0 Å². The molecule has 3 nitrogen and oxygen atoms in total. The second kappa shape index (κ2) is 7.88. The van der Waals surface area contributed by atoms with Gasteiger partial charge in [0.1, 0.15) is 6.61 Å². The Morgan fingerprint density at radius 3 is 2.22 bits per heavy atom. The predicted octanol–water partition coefficient (Wildman–Crippen LogP) is 5.11. The van der Waals surface area contributed by atoms with E-state index in [0.29, 0.717) is 12.5 Å². The van der Waals surface area contributed by atoms with Crippen molar-refractivity contribution < 1.29 is 9.53 Å². The van der Waals surface area contributed by atoms with Gasteiger partial charge in [-0.3, -0.25) is 0 Å². The van der Waals surface area contributed by atoms with Gasteiger partial charge in [0, 0.05) is 5.92 Å².